The summed E-state index contributed by atoms with van der Waals surface area (Å²) in [5.74, 6) is 0. The average Bonchev–Trinajstić information content (AvgIpc) is 2.80. The number of hydrogen-bond acceptors (Lipinski definition) is 2. The van der Waals surface area contributed by atoms with Gasteiger partial charge in [0.05, 0.1) is 6.04 Å². The number of anilines is 1. The van der Waals surface area contributed by atoms with Crippen molar-refractivity contribution in [3.63, 3.8) is 0 Å². The Labute approximate surface area is 102 Å². The van der Waals surface area contributed by atoms with Crippen molar-refractivity contribution in [1.82, 2.24) is 4.98 Å². The highest BCUT2D eigenvalue weighted by Gasteiger charge is 2.23. The topological polar surface area (TPSA) is 24.9 Å². The van der Waals surface area contributed by atoms with Gasteiger partial charge in [0.25, 0.3) is 0 Å². The second-order valence-electron chi connectivity index (χ2n) is 4.72. The van der Waals surface area contributed by atoms with Gasteiger partial charge >= 0.3 is 0 Å². The van der Waals surface area contributed by atoms with Crippen LogP contribution < -0.4 is 5.32 Å². The Morgan fingerprint density at radius 1 is 1.12 bits per heavy atom. The third-order valence-corrected chi connectivity index (χ3v) is 3.67. The van der Waals surface area contributed by atoms with Crippen LogP contribution in [0.4, 0.5) is 5.69 Å². The molecule has 17 heavy (non-hydrogen) atoms. The molecule has 2 heteroatoms. The summed E-state index contributed by atoms with van der Waals surface area (Å²) in [4.78, 5) is 4.07. The lowest BCUT2D eigenvalue weighted by Gasteiger charge is -2.12. The van der Waals surface area contributed by atoms with Crippen molar-refractivity contribution in [3.8, 4) is 0 Å². The van der Waals surface area contributed by atoms with Crippen LogP contribution in [0.25, 0.3) is 0 Å². The molecule has 0 spiro atoms. The maximum atomic E-state index is 4.07. The van der Waals surface area contributed by atoms with Gasteiger partial charge in [-0.3, -0.25) is 4.98 Å². The fraction of sp³-hybridized carbons (Fsp3) is 0.267. The van der Waals surface area contributed by atoms with Crippen molar-refractivity contribution in [2.75, 3.05) is 5.32 Å². The highest BCUT2D eigenvalue weighted by molar-refractivity contribution is 5.64. The molecule has 2 heterocycles. The van der Waals surface area contributed by atoms with Crippen LogP contribution in [0, 0.1) is 13.8 Å². The second-order valence-corrected chi connectivity index (χ2v) is 4.72. The Hall–Kier alpha value is -1.83. The minimum absolute atomic E-state index is 0.397. The van der Waals surface area contributed by atoms with Crippen molar-refractivity contribution in [2.24, 2.45) is 0 Å². The lowest BCUT2D eigenvalue weighted by atomic mass is 10.0. The van der Waals surface area contributed by atoms with E-state index >= 15 is 0 Å². The van der Waals surface area contributed by atoms with E-state index in [2.05, 4.69) is 48.4 Å². The number of pyridine rings is 1. The molecule has 1 aromatic heterocycles. The normalized spacial score (nSPS) is 17.6. The third-order valence-electron chi connectivity index (χ3n) is 3.67. The summed E-state index contributed by atoms with van der Waals surface area (Å²) in [5.41, 5.74) is 6.79. The fourth-order valence-electron chi connectivity index (χ4n) is 2.49. The zero-order valence-corrected chi connectivity index (χ0v) is 10.2. The molecule has 0 saturated carbocycles. The van der Waals surface area contributed by atoms with Crippen molar-refractivity contribution < 1.29 is 0 Å². The summed E-state index contributed by atoms with van der Waals surface area (Å²) in [7, 11) is 0. The van der Waals surface area contributed by atoms with E-state index in [9.17, 15) is 0 Å². The molecule has 0 fully saturated rings. The average molecular weight is 224 g/mol. The van der Waals surface area contributed by atoms with Crippen LogP contribution in [0.15, 0.2) is 36.7 Å². The van der Waals surface area contributed by atoms with Gasteiger partial charge in [-0.15, -0.1) is 0 Å². The molecule has 0 aliphatic carbocycles. The van der Waals surface area contributed by atoms with Crippen LogP contribution in [-0.4, -0.2) is 4.98 Å². The molecular weight excluding hydrogens is 208 g/mol. The number of aryl methyl sites for hydroxylation is 1. The molecule has 1 unspecified atom stereocenters. The van der Waals surface area contributed by atoms with Crippen molar-refractivity contribution >= 4 is 5.69 Å². The summed E-state index contributed by atoms with van der Waals surface area (Å²) < 4.78 is 0. The molecular formula is C15H16N2. The molecule has 86 valence electrons. The van der Waals surface area contributed by atoms with E-state index in [1.807, 2.05) is 12.4 Å². The minimum Gasteiger partial charge on any atom is -0.377 e. The summed E-state index contributed by atoms with van der Waals surface area (Å²) in [6, 6.07) is 9.03. The van der Waals surface area contributed by atoms with Crippen molar-refractivity contribution in [3.05, 3.63) is 58.9 Å². The van der Waals surface area contributed by atoms with E-state index in [-0.39, 0.29) is 0 Å². The SMILES string of the molecule is Cc1ccc2c(c1C)NC(c1ccncc1)C2. The largest absolute Gasteiger partial charge is 0.377 e. The molecule has 0 bridgehead atoms. The first-order valence-corrected chi connectivity index (χ1v) is 6.01. The Kier molecular flexibility index (Phi) is 2.36. The van der Waals surface area contributed by atoms with Gasteiger partial charge in [0.1, 0.15) is 0 Å². The van der Waals surface area contributed by atoms with Gasteiger partial charge in [-0.25, -0.2) is 0 Å². The number of hydrogen-bond donors (Lipinski definition) is 1. The van der Waals surface area contributed by atoms with Gasteiger partial charge in [-0.1, -0.05) is 12.1 Å². The number of benzene rings is 1. The second kappa shape index (κ2) is 3.88. The maximum Gasteiger partial charge on any atom is 0.0556 e. The molecule has 2 aromatic rings. The molecule has 1 aliphatic rings. The predicted molar refractivity (Wildman–Crippen MR) is 70.2 cm³/mol. The first-order chi connectivity index (χ1) is 8.25. The van der Waals surface area contributed by atoms with Gasteiger partial charge in [0.15, 0.2) is 0 Å². The molecule has 0 radical (unpaired) electrons. The van der Waals surface area contributed by atoms with Gasteiger partial charge in [-0.05, 0) is 54.7 Å². The van der Waals surface area contributed by atoms with E-state index in [1.54, 1.807) is 0 Å². The Bertz CT molecular complexity index is 546. The Morgan fingerprint density at radius 3 is 2.65 bits per heavy atom. The molecule has 0 saturated heterocycles. The number of rotatable bonds is 1. The zero-order chi connectivity index (χ0) is 11.8. The smallest absolute Gasteiger partial charge is 0.0556 e. The van der Waals surface area contributed by atoms with E-state index in [4.69, 9.17) is 0 Å². The standard InChI is InChI=1S/C15H16N2/c1-10-3-4-13-9-14(17-15(13)11(10)2)12-5-7-16-8-6-12/h3-8,14,17H,9H2,1-2H3. The molecule has 0 amide bonds. The van der Waals surface area contributed by atoms with Gasteiger partial charge in [0.2, 0.25) is 0 Å². The monoisotopic (exact) mass is 224 g/mol. The van der Waals surface area contributed by atoms with Crippen LogP contribution in [-0.2, 0) is 6.42 Å². The molecule has 1 atom stereocenters. The number of aromatic nitrogens is 1. The third kappa shape index (κ3) is 1.70. The molecule has 1 aromatic carbocycles. The number of fused-ring (bicyclic) bond motifs is 1. The quantitative estimate of drug-likeness (QED) is 0.803. The zero-order valence-electron chi connectivity index (χ0n) is 10.2. The predicted octanol–water partition coefficient (Wildman–Crippen LogP) is 3.41. The first kappa shape index (κ1) is 10.3. The number of nitrogens with one attached hydrogen (secondary N) is 1. The lowest BCUT2D eigenvalue weighted by Crippen LogP contribution is -2.05. The van der Waals surface area contributed by atoms with Gasteiger partial charge in [-0.2, -0.15) is 0 Å². The van der Waals surface area contributed by atoms with Crippen LogP contribution in [0.1, 0.15) is 28.3 Å². The van der Waals surface area contributed by atoms with E-state index in [0.717, 1.165) is 6.42 Å². The van der Waals surface area contributed by atoms with Gasteiger partial charge < -0.3 is 5.32 Å². The van der Waals surface area contributed by atoms with Crippen LogP contribution in [0.3, 0.4) is 0 Å². The number of nitrogens with zero attached hydrogens (tertiary/aromatic N) is 1. The van der Waals surface area contributed by atoms with E-state index in [0.29, 0.717) is 6.04 Å². The van der Waals surface area contributed by atoms with Crippen LogP contribution in [0.5, 0.6) is 0 Å². The van der Waals surface area contributed by atoms with Crippen LogP contribution >= 0.6 is 0 Å². The Morgan fingerprint density at radius 2 is 1.88 bits per heavy atom. The first-order valence-electron chi connectivity index (χ1n) is 6.01. The van der Waals surface area contributed by atoms with Crippen molar-refractivity contribution in [1.29, 1.82) is 0 Å². The lowest BCUT2D eigenvalue weighted by molar-refractivity contribution is 0.821. The Balaban J connectivity index is 1.96. The highest BCUT2D eigenvalue weighted by Crippen LogP contribution is 2.37. The highest BCUT2D eigenvalue weighted by atomic mass is 15.0. The molecule has 1 N–H and O–H groups in total. The summed E-state index contributed by atoms with van der Waals surface area (Å²) in [5, 5.41) is 3.63. The van der Waals surface area contributed by atoms with Crippen molar-refractivity contribution in [2.45, 2.75) is 26.3 Å². The van der Waals surface area contributed by atoms with E-state index < -0.39 is 0 Å². The minimum atomic E-state index is 0.397. The summed E-state index contributed by atoms with van der Waals surface area (Å²) in [6.07, 6.45) is 4.79. The summed E-state index contributed by atoms with van der Waals surface area (Å²) >= 11 is 0. The van der Waals surface area contributed by atoms with Crippen LogP contribution in [0.2, 0.25) is 0 Å². The van der Waals surface area contributed by atoms with E-state index in [1.165, 1.54) is 27.9 Å². The van der Waals surface area contributed by atoms with Gasteiger partial charge in [0, 0.05) is 18.1 Å². The fourth-order valence-corrected chi connectivity index (χ4v) is 2.49. The summed E-state index contributed by atoms with van der Waals surface area (Å²) in [6.45, 7) is 4.35. The molecule has 1 aliphatic heterocycles. The maximum absolute atomic E-state index is 4.07. The molecule has 2 nitrogen and oxygen atoms in total. The molecule has 3 rings (SSSR count).